The van der Waals surface area contributed by atoms with E-state index in [9.17, 15) is 4.79 Å². The number of carbonyl (C=O) groups excluding carboxylic acids is 1. The summed E-state index contributed by atoms with van der Waals surface area (Å²) in [5.74, 6) is 0.830. The van der Waals surface area contributed by atoms with Gasteiger partial charge in [0.15, 0.2) is 0 Å². The lowest BCUT2D eigenvalue weighted by Crippen LogP contribution is -2.11. The van der Waals surface area contributed by atoms with Crippen LogP contribution < -0.4 is 10.1 Å². The van der Waals surface area contributed by atoms with Gasteiger partial charge in [-0.25, -0.2) is 0 Å². The van der Waals surface area contributed by atoms with Crippen molar-refractivity contribution >= 4 is 46.1 Å². The van der Waals surface area contributed by atoms with Crippen LogP contribution in [0.4, 0.5) is 5.69 Å². The summed E-state index contributed by atoms with van der Waals surface area (Å²) in [5, 5.41) is 5.19. The van der Waals surface area contributed by atoms with Crippen LogP contribution in [0.15, 0.2) is 23.6 Å². The number of carbonyl (C=O) groups is 1. The number of nitrogens with one attached hydrogen (secondary N) is 1. The zero-order valence-electron chi connectivity index (χ0n) is 11.7. The largest absolute Gasteiger partial charge is 0.494 e. The van der Waals surface area contributed by atoms with Gasteiger partial charge in [0, 0.05) is 11.3 Å². The maximum atomic E-state index is 12.2. The lowest BCUT2D eigenvalue weighted by atomic mass is 10.2. The van der Waals surface area contributed by atoms with Gasteiger partial charge in [-0.15, -0.1) is 22.9 Å². The van der Waals surface area contributed by atoms with Crippen LogP contribution in [0.1, 0.15) is 27.7 Å². The van der Waals surface area contributed by atoms with E-state index >= 15 is 0 Å². The second kappa shape index (κ2) is 7.16. The second-order valence-electron chi connectivity index (χ2n) is 4.41. The number of halogens is 2. The van der Waals surface area contributed by atoms with Crippen LogP contribution in [-0.4, -0.2) is 12.5 Å². The molecular formula is C15H15Cl2NO2S. The predicted octanol–water partition coefficient (Wildman–Crippen LogP) is 5.10. The molecule has 6 heteroatoms. The summed E-state index contributed by atoms with van der Waals surface area (Å²) in [4.78, 5) is 12.7. The van der Waals surface area contributed by atoms with E-state index in [-0.39, 0.29) is 5.91 Å². The first-order chi connectivity index (χ1) is 10.1. The fourth-order valence-corrected chi connectivity index (χ4v) is 3.21. The van der Waals surface area contributed by atoms with E-state index in [1.165, 1.54) is 11.3 Å². The van der Waals surface area contributed by atoms with Gasteiger partial charge in [-0.05, 0) is 43.0 Å². The molecule has 0 atom stereocenters. The summed E-state index contributed by atoms with van der Waals surface area (Å²) in [5.41, 5.74) is 2.41. The molecule has 1 aromatic heterocycles. The van der Waals surface area contributed by atoms with Crippen molar-refractivity contribution in [3.63, 3.8) is 0 Å². The van der Waals surface area contributed by atoms with Crippen LogP contribution in [0, 0.1) is 6.92 Å². The Hall–Kier alpha value is -1.23. The van der Waals surface area contributed by atoms with E-state index in [1.807, 2.05) is 25.3 Å². The van der Waals surface area contributed by atoms with Gasteiger partial charge in [0.05, 0.1) is 17.5 Å². The van der Waals surface area contributed by atoms with Crippen molar-refractivity contribution in [2.75, 3.05) is 11.9 Å². The van der Waals surface area contributed by atoms with Gasteiger partial charge in [0.1, 0.15) is 10.6 Å². The van der Waals surface area contributed by atoms with Crippen molar-refractivity contribution in [3.05, 3.63) is 44.6 Å². The Morgan fingerprint density at radius 1 is 1.43 bits per heavy atom. The normalized spacial score (nSPS) is 10.5. The average Bonchev–Trinajstić information content (AvgIpc) is 2.81. The number of alkyl halides is 1. The highest BCUT2D eigenvalue weighted by molar-refractivity contribution is 7.13. The molecule has 0 radical (unpaired) electrons. The number of hydrogen-bond donors (Lipinski definition) is 1. The first kappa shape index (κ1) is 16.1. The summed E-state index contributed by atoms with van der Waals surface area (Å²) in [6.45, 7) is 4.35. The number of aryl methyl sites for hydroxylation is 1. The third-order valence-electron chi connectivity index (χ3n) is 2.87. The van der Waals surface area contributed by atoms with Gasteiger partial charge in [0.25, 0.3) is 5.91 Å². The molecule has 1 aromatic carbocycles. The number of thiophene rings is 1. The highest BCUT2D eigenvalue weighted by Crippen LogP contribution is 2.29. The lowest BCUT2D eigenvalue weighted by Gasteiger charge is -2.11. The van der Waals surface area contributed by atoms with Crippen molar-refractivity contribution < 1.29 is 9.53 Å². The van der Waals surface area contributed by atoms with Gasteiger partial charge in [-0.3, -0.25) is 4.79 Å². The van der Waals surface area contributed by atoms with Crippen LogP contribution in [0.25, 0.3) is 0 Å². The summed E-state index contributed by atoms with van der Waals surface area (Å²) in [6.07, 6.45) is 0. The quantitative estimate of drug-likeness (QED) is 0.767. The monoisotopic (exact) mass is 343 g/mol. The standard InChI is InChI=1S/C15H15Cl2NO2S/c1-3-20-12-5-4-11(6-10(12)7-16)18-15(19)14-13(17)9(2)8-21-14/h4-6,8H,3,7H2,1-2H3,(H,18,19). The van der Waals surface area contributed by atoms with Gasteiger partial charge in [-0.1, -0.05) is 11.6 Å². The SMILES string of the molecule is CCOc1ccc(NC(=O)c2scc(C)c2Cl)cc1CCl. The van der Waals surface area contributed by atoms with Crippen LogP contribution in [0.2, 0.25) is 5.02 Å². The Kier molecular flexibility index (Phi) is 5.51. The van der Waals surface area contributed by atoms with Crippen molar-refractivity contribution in [2.24, 2.45) is 0 Å². The van der Waals surface area contributed by atoms with Gasteiger partial charge < -0.3 is 10.1 Å². The van der Waals surface area contributed by atoms with E-state index in [0.717, 1.165) is 16.9 Å². The summed E-state index contributed by atoms with van der Waals surface area (Å²) >= 11 is 13.3. The van der Waals surface area contributed by atoms with Crippen molar-refractivity contribution in [3.8, 4) is 5.75 Å². The number of hydrogen-bond acceptors (Lipinski definition) is 3. The van der Waals surface area contributed by atoms with E-state index in [2.05, 4.69) is 5.32 Å². The molecule has 0 spiro atoms. The summed E-state index contributed by atoms with van der Waals surface area (Å²) < 4.78 is 5.48. The van der Waals surface area contributed by atoms with Gasteiger partial charge in [-0.2, -0.15) is 0 Å². The Bertz CT molecular complexity index is 655. The second-order valence-corrected chi connectivity index (χ2v) is 5.93. The minimum absolute atomic E-state index is 0.220. The van der Waals surface area contributed by atoms with Crippen LogP contribution in [0.3, 0.4) is 0 Å². The molecule has 0 saturated heterocycles. The Morgan fingerprint density at radius 2 is 2.19 bits per heavy atom. The fourth-order valence-electron chi connectivity index (χ4n) is 1.83. The molecule has 0 fully saturated rings. The van der Waals surface area contributed by atoms with Gasteiger partial charge in [0.2, 0.25) is 0 Å². The zero-order valence-corrected chi connectivity index (χ0v) is 14.0. The molecular weight excluding hydrogens is 329 g/mol. The number of amides is 1. The van der Waals surface area contributed by atoms with E-state index in [1.54, 1.807) is 12.1 Å². The molecule has 1 heterocycles. The Balaban J connectivity index is 2.19. The van der Waals surface area contributed by atoms with Crippen LogP contribution in [0.5, 0.6) is 5.75 Å². The van der Waals surface area contributed by atoms with E-state index in [0.29, 0.717) is 28.1 Å². The topological polar surface area (TPSA) is 38.3 Å². The molecule has 0 bridgehead atoms. The highest BCUT2D eigenvalue weighted by Gasteiger charge is 2.15. The van der Waals surface area contributed by atoms with E-state index < -0.39 is 0 Å². The molecule has 0 aliphatic carbocycles. The molecule has 112 valence electrons. The number of anilines is 1. The average molecular weight is 344 g/mol. The number of benzene rings is 1. The minimum Gasteiger partial charge on any atom is -0.494 e. The first-order valence-corrected chi connectivity index (χ1v) is 8.22. The molecule has 2 rings (SSSR count). The summed E-state index contributed by atoms with van der Waals surface area (Å²) in [7, 11) is 0. The van der Waals surface area contributed by atoms with Crippen LogP contribution in [-0.2, 0) is 5.88 Å². The first-order valence-electron chi connectivity index (χ1n) is 6.43. The highest BCUT2D eigenvalue weighted by atomic mass is 35.5. The third kappa shape index (κ3) is 3.70. The van der Waals surface area contributed by atoms with Gasteiger partial charge >= 0.3 is 0 Å². The fraction of sp³-hybridized carbons (Fsp3) is 0.267. The minimum atomic E-state index is -0.220. The molecule has 3 nitrogen and oxygen atoms in total. The van der Waals surface area contributed by atoms with Crippen molar-refractivity contribution in [2.45, 2.75) is 19.7 Å². The lowest BCUT2D eigenvalue weighted by molar-refractivity contribution is 0.103. The maximum absolute atomic E-state index is 12.2. The molecule has 0 unspecified atom stereocenters. The molecule has 2 aromatic rings. The molecule has 0 aliphatic heterocycles. The van der Waals surface area contributed by atoms with Crippen LogP contribution >= 0.6 is 34.5 Å². The molecule has 1 amide bonds. The molecule has 0 saturated carbocycles. The predicted molar refractivity (Wildman–Crippen MR) is 89.2 cm³/mol. The summed E-state index contributed by atoms with van der Waals surface area (Å²) in [6, 6.07) is 5.40. The zero-order chi connectivity index (χ0) is 15.4. The molecule has 0 aliphatic rings. The van der Waals surface area contributed by atoms with E-state index in [4.69, 9.17) is 27.9 Å². The molecule has 1 N–H and O–H groups in total. The number of rotatable bonds is 5. The van der Waals surface area contributed by atoms with Crippen molar-refractivity contribution in [1.29, 1.82) is 0 Å². The smallest absolute Gasteiger partial charge is 0.267 e. The maximum Gasteiger partial charge on any atom is 0.267 e. The Morgan fingerprint density at radius 3 is 2.76 bits per heavy atom. The third-order valence-corrected chi connectivity index (χ3v) is 4.85. The number of ether oxygens (including phenoxy) is 1. The van der Waals surface area contributed by atoms with Crippen molar-refractivity contribution in [1.82, 2.24) is 0 Å². The Labute approximate surface area is 137 Å². The molecule has 21 heavy (non-hydrogen) atoms.